The Bertz CT molecular complexity index is 295. The van der Waals surface area contributed by atoms with Gasteiger partial charge >= 0.3 is 0 Å². The summed E-state index contributed by atoms with van der Waals surface area (Å²) >= 11 is 0. The molecule has 76 valence electrons. The monoisotopic (exact) mass is 192 g/mol. The maximum Gasteiger partial charge on any atom is 0.137 e. The van der Waals surface area contributed by atoms with E-state index in [2.05, 4.69) is 16.4 Å². The van der Waals surface area contributed by atoms with Crippen molar-refractivity contribution in [2.45, 2.75) is 12.8 Å². The average Bonchev–Trinajstić information content (AvgIpc) is 2.71. The van der Waals surface area contributed by atoms with Crippen LogP contribution >= 0.6 is 0 Å². The zero-order valence-electron chi connectivity index (χ0n) is 8.49. The lowest BCUT2D eigenvalue weighted by Gasteiger charge is -2.08. The molecule has 0 aliphatic carbocycles. The molecule has 1 aromatic rings. The largest absolute Gasteiger partial charge is 0.495 e. The lowest BCUT2D eigenvalue weighted by molar-refractivity contribution is 0.411. The van der Waals surface area contributed by atoms with E-state index in [0.717, 1.165) is 31.2 Å². The van der Waals surface area contributed by atoms with Gasteiger partial charge in [0.1, 0.15) is 5.75 Å². The molecule has 1 saturated heterocycles. The van der Waals surface area contributed by atoms with Crippen LogP contribution in [-0.2, 0) is 6.42 Å². The highest BCUT2D eigenvalue weighted by Crippen LogP contribution is 2.17. The third kappa shape index (κ3) is 2.23. The van der Waals surface area contributed by atoms with Gasteiger partial charge in [0.2, 0.25) is 0 Å². The van der Waals surface area contributed by atoms with Crippen LogP contribution in [0.25, 0.3) is 0 Å². The third-order valence-electron chi connectivity index (χ3n) is 2.69. The van der Waals surface area contributed by atoms with Crippen LogP contribution in [0.3, 0.4) is 0 Å². The van der Waals surface area contributed by atoms with Crippen molar-refractivity contribution < 1.29 is 4.74 Å². The third-order valence-corrected chi connectivity index (χ3v) is 2.69. The Hall–Kier alpha value is -1.09. The molecule has 3 nitrogen and oxygen atoms in total. The Morgan fingerprint density at radius 1 is 1.57 bits per heavy atom. The first kappa shape index (κ1) is 9.46. The molecule has 1 unspecified atom stereocenters. The van der Waals surface area contributed by atoms with E-state index in [0.29, 0.717) is 0 Å². The smallest absolute Gasteiger partial charge is 0.137 e. The molecule has 14 heavy (non-hydrogen) atoms. The number of nitrogens with one attached hydrogen (secondary N) is 1. The van der Waals surface area contributed by atoms with Gasteiger partial charge in [-0.15, -0.1) is 0 Å². The molecule has 0 aromatic carbocycles. The van der Waals surface area contributed by atoms with Crippen LogP contribution in [0.15, 0.2) is 18.5 Å². The van der Waals surface area contributed by atoms with Gasteiger partial charge in [-0.25, -0.2) is 0 Å². The summed E-state index contributed by atoms with van der Waals surface area (Å²) in [5.41, 5.74) is 1.28. The number of ether oxygens (including phenoxy) is 1. The minimum absolute atomic E-state index is 0.768. The number of pyridine rings is 1. The van der Waals surface area contributed by atoms with Crippen molar-refractivity contribution in [3.63, 3.8) is 0 Å². The van der Waals surface area contributed by atoms with E-state index in [1.165, 1.54) is 12.0 Å². The van der Waals surface area contributed by atoms with Gasteiger partial charge in [0.25, 0.3) is 0 Å². The molecule has 1 aliphatic rings. The Labute approximate surface area is 84.5 Å². The average molecular weight is 192 g/mol. The highest BCUT2D eigenvalue weighted by atomic mass is 16.5. The summed E-state index contributed by atoms with van der Waals surface area (Å²) in [6.45, 7) is 2.29. The fourth-order valence-corrected chi connectivity index (χ4v) is 1.91. The van der Waals surface area contributed by atoms with Gasteiger partial charge in [0, 0.05) is 6.20 Å². The van der Waals surface area contributed by atoms with E-state index < -0.39 is 0 Å². The van der Waals surface area contributed by atoms with Gasteiger partial charge < -0.3 is 10.1 Å². The van der Waals surface area contributed by atoms with E-state index >= 15 is 0 Å². The van der Waals surface area contributed by atoms with Crippen LogP contribution in [0.2, 0.25) is 0 Å². The summed E-state index contributed by atoms with van der Waals surface area (Å²) in [7, 11) is 1.68. The molecule has 2 heterocycles. The van der Waals surface area contributed by atoms with Crippen molar-refractivity contribution in [1.82, 2.24) is 10.3 Å². The van der Waals surface area contributed by atoms with Gasteiger partial charge in [-0.2, -0.15) is 0 Å². The standard InChI is InChI=1S/C11H16N2O/c1-14-11-5-10(7-13-8-11)4-9-2-3-12-6-9/h5,7-9,12H,2-4,6H2,1H3. The summed E-state index contributed by atoms with van der Waals surface area (Å²) < 4.78 is 5.14. The molecule has 2 rings (SSSR count). The molecule has 0 saturated carbocycles. The molecule has 1 aromatic heterocycles. The van der Waals surface area contributed by atoms with Crippen LogP contribution < -0.4 is 10.1 Å². The van der Waals surface area contributed by atoms with Crippen LogP contribution in [0.1, 0.15) is 12.0 Å². The normalized spacial score (nSPS) is 21.1. The van der Waals surface area contributed by atoms with E-state index in [9.17, 15) is 0 Å². The fourth-order valence-electron chi connectivity index (χ4n) is 1.91. The molecule has 0 bridgehead atoms. The summed E-state index contributed by atoms with van der Waals surface area (Å²) in [6, 6.07) is 2.07. The van der Waals surface area contributed by atoms with Crippen LogP contribution in [0.5, 0.6) is 5.75 Å². The first-order valence-electron chi connectivity index (χ1n) is 5.07. The topological polar surface area (TPSA) is 34.1 Å². The van der Waals surface area contributed by atoms with E-state index in [1.807, 2.05) is 6.20 Å². The molecule has 1 atom stereocenters. The quantitative estimate of drug-likeness (QED) is 0.782. The Kier molecular flexibility index (Phi) is 2.99. The maximum absolute atomic E-state index is 5.14. The molecular weight excluding hydrogens is 176 g/mol. The number of rotatable bonds is 3. The summed E-state index contributed by atoms with van der Waals surface area (Å²) in [6.07, 6.45) is 6.06. The predicted molar refractivity (Wildman–Crippen MR) is 55.5 cm³/mol. The van der Waals surface area contributed by atoms with Gasteiger partial charge in [-0.05, 0) is 43.5 Å². The van der Waals surface area contributed by atoms with Crippen LogP contribution in [0, 0.1) is 5.92 Å². The van der Waals surface area contributed by atoms with Gasteiger partial charge in [-0.1, -0.05) is 0 Å². The molecule has 0 spiro atoms. The Morgan fingerprint density at radius 2 is 2.50 bits per heavy atom. The fraction of sp³-hybridized carbons (Fsp3) is 0.545. The molecular formula is C11H16N2O. The highest BCUT2D eigenvalue weighted by molar-refractivity contribution is 5.23. The first-order valence-corrected chi connectivity index (χ1v) is 5.07. The molecule has 3 heteroatoms. The van der Waals surface area contributed by atoms with E-state index in [1.54, 1.807) is 13.3 Å². The zero-order chi connectivity index (χ0) is 9.80. The van der Waals surface area contributed by atoms with Crippen molar-refractivity contribution in [2.75, 3.05) is 20.2 Å². The number of methoxy groups -OCH3 is 1. The molecule has 1 fully saturated rings. The lowest BCUT2D eigenvalue weighted by Crippen LogP contribution is -2.10. The summed E-state index contributed by atoms with van der Waals surface area (Å²) in [4.78, 5) is 4.15. The van der Waals surface area contributed by atoms with Gasteiger partial charge in [-0.3, -0.25) is 4.98 Å². The second-order valence-electron chi connectivity index (χ2n) is 3.80. The van der Waals surface area contributed by atoms with E-state index in [4.69, 9.17) is 4.74 Å². The lowest BCUT2D eigenvalue weighted by atomic mass is 10.00. The van der Waals surface area contributed by atoms with Crippen LogP contribution in [0.4, 0.5) is 0 Å². The minimum atomic E-state index is 0.768. The number of nitrogens with zero attached hydrogens (tertiary/aromatic N) is 1. The molecule has 0 amide bonds. The summed E-state index contributed by atoms with van der Waals surface area (Å²) in [5.74, 6) is 1.62. The molecule has 1 N–H and O–H groups in total. The SMILES string of the molecule is COc1cncc(CC2CCNC2)c1. The number of hydrogen-bond acceptors (Lipinski definition) is 3. The molecule has 1 aliphatic heterocycles. The number of aromatic nitrogens is 1. The number of hydrogen-bond donors (Lipinski definition) is 1. The van der Waals surface area contributed by atoms with Crippen molar-refractivity contribution in [3.8, 4) is 5.75 Å². The van der Waals surface area contributed by atoms with Crippen molar-refractivity contribution >= 4 is 0 Å². The van der Waals surface area contributed by atoms with Crippen molar-refractivity contribution in [1.29, 1.82) is 0 Å². The minimum Gasteiger partial charge on any atom is -0.495 e. The Morgan fingerprint density at radius 3 is 3.21 bits per heavy atom. The maximum atomic E-state index is 5.14. The van der Waals surface area contributed by atoms with Crippen LogP contribution in [-0.4, -0.2) is 25.2 Å². The highest BCUT2D eigenvalue weighted by Gasteiger charge is 2.14. The zero-order valence-corrected chi connectivity index (χ0v) is 8.49. The van der Waals surface area contributed by atoms with Gasteiger partial charge in [0.05, 0.1) is 13.3 Å². The van der Waals surface area contributed by atoms with Crippen molar-refractivity contribution in [2.24, 2.45) is 5.92 Å². The Balaban J connectivity index is 2.00. The van der Waals surface area contributed by atoms with E-state index in [-0.39, 0.29) is 0 Å². The van der Waals surface area contributed by atoms with Crippen molar-refractivity contribution in [3.05, 3.63) is 24.0 Å². The summed E-state index contributed by atoms with van der Waals surface area (Å²) in [5, 5.41) is 3.37. The first-order chi connectivity index (χ1) is 6.88. The predicted octanol–water partition coefficient (Wildman–Crippen LogP) is 1.24. The van der Waals surface area contributed by atoms with Gasteiger partial charge in [0.15, 0.2) is 0 Å². The second-order valence-corrected chi connectivity index (χ2v) is 3.80. The second kappa shape index (κ2) is 4.42. The molecule has 0 radical (unpaired) electrons.